The van der Waals surface area contributed by atoms with Crippen LogP contribution in [0.2, 0.25) is 0 Å². The number of hydrogen-bond donors (Lipinski definition) is 3. The van der Waals surface area contributed by atoms with E-state index in [0.29, 0.717) is 25.9 Å². The lowest BCUT2D eigenvalue weighted by molar-refractivity contribution is -0.144. The van der Waals surface area contributed by atoms with Crippen molar-refractivity contribution in [2.24, 2.45) is 5.92 Å². The molecule has 0 radical (unpaired) electrons. The van der Waals surface area contributed by atoms with Gasteiger partial charge >= 0.3 is 6.18 Å². The number of alkyl halides is 3. The summed E-state index contributed by atoms with van der Waals surface area (Å²) in [6, 6.07) is 1.47. The first kappa shape index (κ1) is 15.8. The molecule has 0 aromatic carbocycles. The van der Waals surface area contributed by atoms with Gasteiger partial charge in [-0.1, -0.05) is 6.92 Å². The minimum Gasteiger partial charge on any atom is -0.393 e. The maximum absolute atomic E-state index is 12.8. The van der Waals surface area contributed by atoms with Crippen LogP contribution in [0.3, 0.4) is 0 Å². The zero-order chi connectivity index (χ0) is 15.5. The molecule has 1 heterocycles. The van der Waals surface area contributed by atoms with E-state index in [1.165, 1.54) is 6.07 Å². The fourth-order valence-corrected chi connectivity index (χ4v) is 2.12. The Morgan fingerprint density at radius 2 is 1.86 bits per heavy atom. The van der Waals surface area contributed by atoms with Gasteiger partial charge in [-0.25, -0.2) is 9.97 Å². The number of nitrogens with one attached hydrogen (secondary N) is 2. The first-order chi connectivity index (χ1) is 9.88. The fourth-order valence-electron chi connectivity index (χ4n) is 2.12. The molecule has 1 aromatic heterocycles. The second-order valence-electron chi connectivity index (χ2n) is 5.26. The molecule has 2 rings (SSSR count). The third-order valence-corrected chi connectivity index (χ3v) is 3.32. The van der Waals surface area contributed by atoms with Crippen LogP contribution in [0.4, 0.5) is 24.8 Å². The van der Waals surface area contributed by atoms with E-state index in [4.69, 9.17) is 0 Å². The second-order valence-corrected chi connectivity index (χ2v) is 5.26. The van der Waals surface area contributed by atoms with Crippen LogP contribution in [0.15, 0.2) is 6.07 Å². The van der Waals surface area contributed by atoms with Crippen LogP contribution in [0.5, 0.6) is 0 Å². The topological polar surface area (TPSA) is 70.1 Å². The van der Waals surface area contributed by atoms with Gasteiger partial charge in [0.15, 0.2) is 0 Å². The summed E-state index contributed by atoms with van der Waals surface area (Å²) in [5.74, 6) is -0.566. The Morgan fingerprint density at radius 1 is 1.24 bits per heavy atom. The number of aliphatic hydroxyl groups excluding tert-OH is 1. The smallest absolute Gasteiger partial charge is 0.393 e. The maximum atomic E-state index is 12.8. The van der Waals surface area contributed by atoms with Gasteiger partial charge in [0.2, 0.25) is 5.82 Å². The summed E-state index contributed by atoms with van der Waals surface area (Å²) in [5.41, 5.74) is 0. The molecule has 0 amide bonds. The zero-order valence-electron chi connectivity index (χ0n) is 11.7. The van der Waals surface area contributed by atoms with Crippen LogP contribution in [-0.4, -0.2) is 34.3 Å². The summed E-state index contributed by atoms with van der Waals surface area (Å²) in [4.78, 5) is 7.00. The van der Waals surface area contributed by atoms with Crippen LogP contribution in [0.1, 0.15) is 32.0 Å². The summed E-state index contributed by atoms with van der Waals surface area (Å²) in [5, 5.41) is 14.9. The molecular formula is C13H19F3N4O. The molecule has 1 saturated carbocycles. The Morgan fingerprint density at radius 3 is 2.38 bits per heavy atom. The molecule has 1 fully saturated rings. The monoisotopic (exact) mass is 304 g/mol. The number of rotatable bonds is 6. The van der Waals surface area contributed by atoms with Crippen molar-refractivity contribution in [3.05, 3.63) is 11.9 Å². The molecular weight excluding hydrogens is 285 g/mol. The lowest BCUT2D eigenvalue weighted by Gasteiger charge is -2.31. The molecule has 0 unspecified atom stereocenters. The summed E-state index contributed by atoms with van der Waals surface area (Å²) in [6.07, 6.45) is -2.73. The van der Waals surface area contributed by atoms with Gasteiger partial charge in [-0.05, 0) is 25.2 Å². The molecule has 1 aromatic rings. The van der Waals surface area contributed by atoms with Crippen LogP contribution in [0, 0.1) is 5.92 Å². The molecule has 3 N–H and O–H groups in total. The molecule has 0 spiro atoms. The van der Waals surface area contributed by atoms with Crippen molar-refractivity contribution in [1.29, 1.82) is 0 Å². The Hall–Kier alpha value is -1.57. The van der Waals surface area contributed by atoms with Gasteiger partial charge in [0.05, 0.1) is 6.10 Å². The first-order valence-corrected chi connectivity index (χ1v) is 7.00. The van der Waals surface area contributed by atoms with Crippen molar-refractivity contribution in [2.75, 3.05) is 23.7 Å². The van der Waals surface area contributed by atoms with E-state index in [2.05, 4.69) is 20.6 Å². The van der Waals surface area contributed by atoms with E-state index in [9.17, 15) is 18.3 Å². The number of halogens is 3. The molecule has 0 saturated heterocycles. The summed E-state index contributed by atoms with van der Waals surface area (Å²) >= 11 is 0. The van der Waals surface area contributed by atoms with Gasteiger partial charge in [-0.3, -0.25) is 0 Å². The molecule has 0 aliphatic heterocycles. The Labute approximate surface area is 121 Å². The van der Waals surface area contributed by atoms with E-state index in [-0.39, 0.29) is 23.7 Å². The summed E-state index contributed by atoms with van der Waals surface area (Å²) < 4.78 is 38.4. The average Bonchev–Trinajstić information content (AvgIpc) is 2.39. The van der Waals surface area contributed by atoms with Crippen molar-refractivity contribution < 1.29 is 18.3 Å². The number of nitrogens with zero attached hydrogens (tertiary/aromatic N) is 2. The van der Waals surface area contributed by atoms with Crippen LogP contribution >= 0.6 is 0 Å². The average molecular weight is 304 g/mol. The third kappa shape index (κ3) is 4.45. The van der Waals surface area contributed by atoms with Gasteiger partial charge in [-0.15, -0.1) is 0 Å². The van der Waals surface area contributed by atoms with Crippen molar-refractivity contribution in [2.45, 2.75) is 38.5 Å². The number of aliphatic hydroxyl groups is 1. The molecule has 118 valence electrons. The number of aromatic nitrogens is 2. The standard InChI is InChI=1S/C13H19F3N4O/c1-2-3-17-10-6-11(18-7-8-4-9(21)5-8)20-12(19-10)13(14,15)16/h6,8-9,21H,2-5,7H2,1H3,(H2,17,18,19,20). The Bertz CT molecular complexity index is 475. The van der Waals surface area contributed by atoms with Gasteiger partial charge in [0.1, 0.15) is 11.6 Å². The highest BCUT2D eigenvalue weighted by molar-refractivity contribution is 5.48. The lowest BCUT2D eigenvalue weighted by Crippen LogP contribution is -2.33. The summed E-state index contributed by atoms with van der Waals surface area (Å²) in [6.45, 7) is 2.96. The zero-order valence-corrected chi connectivity index (χ0v) is 11.7. The van der Waals surface area contributed by atoms with Crippen LogP contribution in [0.25, 0.3) is 0 Å². The minimum atomic E-state index is -4.58. The maximum Gasteiger partial charge on any atom is 0.451 e. The van der Waals surface area contributed by atoms with E-state index < -0.39 is 12.0 Å². The molecule has 21 heavy (non-hydrogen) atoms. The van der Waals surface area contributed by atoms with E-state index in [1.54, 1.807) is 0 Å². The van der Waals surface area contributed by atoms with Gasteiger partial charge < -0.3 is 15.7 Å². The second kappa shape index (κ2) is 6.46. The lowest BCUT2D eigenvalue weighted by atomic mass is 9.82. The normalized spacial score (nSPS) is 21.8. The van der Waals surface area contributed by atoms with Crippen LogP contribution < -0.4 is 10.6 Å². The first-order valence-electron chi connectivity index (χ1n) is 7.00. The molecule has 0 atom stereocenters. The van der Waals surface area contributed by atoms with Gasteiger partial charge in [0, 0.05) is 19.2 Å². The Kier molecular flexibility index (Phi) is 4.87. The fraction of sp³-hybridized carbons (Fsp3) is 0.692. The van der Waals surface area contributed by atoms with Crippen LogP contribution in [-0.2, 0) is 6.18 Å². The quantitative estimate of drug-likeness (QED) is 0.753. The van der Waals surface area contributed by atoms with E-state index in [0.717, 1.165) is 6.42 Å². The van der Waals surface area contributed by atoms with E-state index >= 15 is 0 Å². The van der Waals surface area contributed by atoms with Crippen molar-refractivity contribution in [1.82, 2.24) is 9.97 Å². The predicted octanol–water partition coefficient (Wildman–Crippen LogP) is 2.50. The minimum absolute atomic E-state index is 0.150. The number of hydrogen-bond acceptors (Lipinski definition) is 5. The molecule has 8 heteroatoms. The predicted molar refractivity (Wildman–Crippen MR) is 73.0 cm³/mol. The highest BCUT2D eigenvalue weighted by Crippen LogP contribution is 2.30. The molecule has 1 aliphatic rings. The Balaban J connectivity index is 2.06. The third-order valence-electron chi connectivity index (χ3n) is 3.32. The molecule has 0 bridgehead atoms. The van der Waals surface area contributed by atoms with Gasteiger partial charge in [0.25, 0.3) is 0 Å². The number of anilines is 2. The summed E-state index contributed by atoms with van der Waals surface area (Å²) in [7, 11) is 0. The largest absolute Gasteiger partial charge is 0.451 e. The van der Waals surface area contributed by atoms with Crippen molar-refractivity contribution >= 4 is 11.6 Å². The van der Waals surface area contributed by atoms with E-state index in [1.807, 2.05) is 6.92 Å². The highest BCUT2D eigenvalue weighted by atomic mass is 19.4. The molecule has 5 nitrogen and oxygen atoms in total. The van der Waals surface area contributed by atoms with Crippen molar-refractivity contribution in [3.8, 4) is 0 Å². The van der Waals surface area contributed by atoms with Crippen molar-refractivity contribution in [3.63, 3.8) is 0 Å². The molecule has 1 aliphatic carbocycles. The SMILES string of the molecule is CCCNc1cc(NCC2CC(O)C2)nc(C(F)(F)F)n1. The highest BCUT2D eigenvalue weighted by Gasteiger charge is 2.35. The van der Waals surface area contributed by atoms with Gasteiger partial charge in [-0.2, -0.15) is 13.2 Å².